The summed E-state index contributed by atoms with van der Waals surface area (Å²) in [5.41, 5.74) is 3.20. The highest BCUT2D eigenvalue weighted by Gasteiger charge is 2.13. The van der Waals surface area contributed by atoms with Crippen molar-refractivity contribution >= 4 is 35.5 Å². The fourth-order valence-electron chi connectivity index (χ4n) is 1.48. The number of carbonyl (C=O) groups excluding carboxylic acids is 1. The molecular formula is C15H14ClN3OS. The molecule has 0 saturated heterocycles. The van der Waals surface area contributed by atoms with Crippen LogP contribution < -0.4 is 5.43 Å². The zero-order chi connectivity index (χ0) is 15.1. The number of halogens is 1. The maximum Gasteiger partial charge on any atom is 0.253 e. The average Bonchev–Trinajstić information content (AvgIpc) is 2.50. The molecule has 2 rings (SSSR count). The maximum atomic E-state index is 11.9. The first-order chi connectivity index (χ1) is 10.1. The summed E-state index contributed by atoms with van der Waals surface area (Å²) in [4.78, 5) is 17.0. The third-order valence-corrected chi connectivity index (χ3v) is 3.92. The summed E-state index contributed by atoms with van der Waals surface area (Å²) in [5.74, 6) is -0.165. The minimum absolute atomic E-state index is 0.165. The molecule has 0 fully saturated rings. The number of benzene rings is 1. The van der Waals surface area contributed by atoms with Crippen molar-refractivity contribution in [3.05, 3.63) is 59.4 Å². The Labute approximate surface area is 132 Å². The van der Waals surface area contributed by atoms with Crippen LogP contribution in [0.3, 0.4) is 0 Å². The molecule has 0 spiro atoms. The van der Waals surface area contributed by atoms with Crippen LogP contribution in [0.4, 0.5) is 0 Å². The molecule has 1 aromatic carbocycles. The first kappa shape index (κ1) is 15.5. The fraction of sp³-hybridized carbons (Fsp3) is 0.133. The van der Waals surface area contributed by atoms with Crippen molar-refractivity contribution in [2.75, 3.05) is 0 Å². The molecule has 0 radical (unpaired) electrons. The van der Waals surface area contributed by atoms with Crippen molar-refractivity contribution in [3.8, 4) is 0 Å². The second-order valence-corrected chi connectivity index (χ2v) is 6.05. The van der Waals surface area contributed by atoms with Gasteiger partial charge in [-0.15, -0.1) is 11.8 Å². The smallest absolute Gasteiger partial charge is 0.253 e. The number of nitrogens with zero attached hydrogens (tertiary/aromatic N) is 2. The number of hydrogen-bond donors (Lipinski definition) is 1. The molecule has 1 unspecified atom stereocenters. The zero-order valence-electron chi connectivity index (χ0n) is 11.4. The molecule has 21 heavy (non-hydrogen) atoms. The van der Waals surface area contributed by atoms with Gasteiger partial charge in [0, 0.05) is 16.1 Å². The van der Waals surface area contributed by atoms with Crippen molar-refractivity contribution in [1.29, 1.82) is 0 Å². The predicted octanol–water partition coefficient (Wildman–Crippen LogP) is 3.37. The normalized spacial score (nSPS) is 12.3. The van der Waals surface area contributed by atoms with Crippen LogP contribution in [0.25, 0.3) is 0 Å². The van der Waals surface area contributed by atoms with E-state index >= 15 is 0 Å². The molecule has 1 amide bonds. The van der Waals surface area contributed by atoms with E-state index in [1.165, 1.54) is 18.0 Å². The number of pyridine rings is 1. The van der Waals surface area contributed by atoms with Crippen molar-refractivity contribution in [3.63, 3.8) is 0 Å². The van der Waals surface area contributed by atoms with Crippen LogP contribution in [0, 0.1) is 0 Å². The van der Waals surface area contributed by atoms with E-state index in [9.17, 15) is 4.79 Å². The van der Waals surface area contributed by atoms with E-state index in [1.807, 2.05) is 37.3 Å². The molecular weight excluding hydrogens is 306 g/mol. The summed E-state index contributed by atoms with van der Waals surface area (Å²) >= 11 is 7.27. The van der Waals surface area contributed by atoms with E-state index in [4.69, 9.17) is 11.6 Å². The molecule has 2 aromatic rings. The van der Waals surface area contributed by atoms with Gasteiger partial charge >= 0.3 is 0 Å². The van der Waals surface area contributed by atoms with Gasteiger partial charge in [-0.3, -0.25) is 9.78 Å². The predicted molar refractivity (Wildman–Crippen MR) is 86.7 cm³/mol. The molecule has 6 heteroatoms. The quantitative estimate of drug-likeness (QED) is 0.522. The van der Waals surface area contributed by atoms with E-state index in [-0.39, 0.29) is 11.2 Å². The van der Waals surface area contributed by atoms with E-state index < -0.39 is 0 Å². The first-order valence-corrected chi connectivity index (χ1v) is 7.57. The Morgan fingerprint density at radius 1 is 1.33 bits per heavy atom. The van der Waals surface area contributed by atoms with E-state index in [0.717, 1.165) is 4.90 Å². The zero-order valence-corrected chi connectivity index (χ0v) is 12.9. The van der Waals surface area contributed by atoms with Crippen molar-refractivity contribution in [1.82, 2.24) is 10.4 Å². The lowest BCUT2D eigenvalue weighted by Gasteiger charge is -2.09. The van der Waals surface area contributed by atoms with Gasteiger partial charge in [0.1, 0.15) is 0 Å². The van der Waals surface area contributed by atoms with Gasteiger partial charge in [0.15, 0.2) is 0 Å². The fourth-order valence-corrected chi connectivity index (χ4v) is 2.46. The molecule has 1 heterocycles. The van der Waals surface area contributed by atoms with Gasteiger partial charge < -0.3 is 0 Å². The van der Waals surface area contributed by atoms with E-state index in [1.54, 1.807) is 18.3 Å². The number of nitrogens with one attached hydrogen (secondary N) is 1. The summed E-state index contributed by atoms with van der Waals surface area (Å²) in [6, 6.07) is 12.8. The Bertz CT molecular complexity index is 617. The molecule has 0 aliphatic heterocycles. The van der Waals surface area contributed by atoms with Crippen LogP contribution in [-0.4, -0.2) is 22.4 Å². The van der Waals surface area contributed by atoms with Crippen molar-refractivity contribution in [2.45, 2.75) is 17.1 Å². The number of hydrogen-bond acceptors (Lipinski definition) is 4. The topological polar surface area (TPSA) is 54.4 Å². The molecule has 1 atom stereocenters. The molecule has 0 aliphatic rings. The Hall–Kier alpha value is -1.85. The number of thioether (sulfide) groups is 1. The Morgan fingerprint density at radius 3 is 2.76 bits per heavy atom. The van der Waals surface area contributed by atoms with Crippen LogP contribution in [0.15, 0.2) is 58.7 Å². The first-order valence-electron chi connectivity index (χ1n) is 6.31. The lowest BCUT2D eigenvalue weighted by atomic mass is 10.4. The monoisotopic (exact) mass is 319 g/mol. The van der Waals surface area contributed by atoms with Gasteiger partial charge in [0.2, 0.25) is 0 Å². The Balaban J connectivity index is 1.85. The van der Waals surface area contributed by atoms with Gasteiger partial charge in [-0.25, -0.2) is 5.43 Å². The summed E-state index contributed by atoms with van der Waals surface area (Å²) in [6.07, 6.45) is 3.18. The van der Waals surface area contributed by atoms with Gasteiger partial charge in [-0.2, -0.15) is 5.10 Å². The van der Waals surface area contributed by atoms with Crippen molar-refractivity contribution < 1.29 is 4.79 Å². The largest absolute Gasteiger partial charge is 0.272 e. The molecule has 1 aromatic heterocycles. The number of aromatic nitrogens is 1. The molecule has 0 bridgehead atoms. The lowest BCUT2D eigenvalue weighted by Crippen LogP contribution is -2.26. The number of carbonyl (C=O) groups is 1. The average molecular weight is 320 g/mol. The molecule has 1 N–H and O–H groups in total. The lowest BCUT2D eigenvalue weighted by molar-refractivity contribution is -0.120. The third kappa shape index (κ3) is 5.21. The van der Waals surface area contributed by atoms with Crippen LogP contribution >= 0.6 is 23.4 Å². The summed E-state index contributed by atoms with van der Waals surface area (Å²) < 4.78 is 0. The Kier molecular flexibility index (Phi) is 5.78. The van der Waals surface area contributed by atoms with Gasteiger partial charge in [-0.1, -0.05) is 17.7 Å². The molecule has 0 aliphatic carbocycles. The maximum absolute atomic E-state index is 11.9. The summed E-state index contributed by atoms with van der Waals surface area (Å²) in [7, 11) is 0. The van der Waals surface area contributed by atoms with Gasteiger partial charge in [-0.05, 0) is 43.3 Å². The molecule has 4 nitrogen and oxygen atoms in total. The van der Waals surface area contributed by atoms with Crippen LogP contribution in [0.1, 0.15) is 12.6 Å². The van der Waals surface area contributed by atoms with Crippen molar-refractivity contribution in [2.24, 2.45) is 5.10 Å². The minimum Gasteiger partial charge on any atom is -0.272 e. The third-order valence-electron chi connectivity index (χ3n) is 2.56. The highest BCUT2D eigenvalue weighted by atomic mass is 35.5. The number of rotatable bonds is 5. The standard InChI is InChI=1S/C15H14ClN3OS/c1-11(21-14-7-5-12(16)6-8-14)15(20)19-18-10-13-4-2-3-9-17-13/h2-11H,1H3,(H,19,20)/b18-10+. The summed E-state index contributed by atoms with van der Waals surface area (Å²) in [6.45, 7) is 1.82. The van der Waals surface area contributed by atoms with Crippen LogP contribution in [0.2, 0.25) is 5.02 Å². The molecule has 108 valence electrons. The van der Waals surface area contributed by atoms with E-state index in [0.29, 0.717) is 10.7 Å². The number of hydrazone groups is 1. The SMILES string of the molecule is CC(Sc1ccc(Cl)cc1)C(=O)N/N=C/c1ccccn1. The van der Waals surface area contributed by atoms with Crippen LogP contribution in [-0.2, 0) is 4.79 Å². The highest BCUT2D eigenvalue weighted by molar-refractivity contribution is 8.00. The minimum atomic E-state index is -0.257. The Morgan fingerprint density at radius 2 is 2.10 bits per heavy atom. The highest BCUT2D eigenvalue weighted by Crippen LogP contribution is 2.24. The van der Waals surface area contributed by atoms with Crippen LogP contribution in [0.5, 0.6) is 0 Å². The second kappa shape index (κ2) is 7.81. The molecule has 0 saturated carbocycles. The van der Waals surface area contributed by atoms with Gasteiger partial charge in [0.05, 0.1) is 17.2 Å². The van der Waals surface area contributed by atoms with E-state index in [2.05, 4.69) is 15.5 Å². The van der Waals surface area contributed by atoms with Gasteiger partial charge in [0.25, 0.3) is 5.91 Å². The number of amides is 1. The second-order valence-electron chi connectivity index (χ2n) is 4.20. The summed E-state index contributed by atoms with van der Waals surface area (Å²) in [5, 5.41) is 4.32.